The highest BCUT2D eigenvalue weighted by Gasteiger charge is 2.27. The Morgan fingerprint density at radius 2 is 1.60 bits per heavy atom. The van der Waals surface area contributed by atoms with Gasteiger partial charge < -0.3 is 0 Å². The molecule has 2 aromatic carbocycles. The van der Waals surface area contributed by atoms with Gasteiger partial charge in [0.1, 0.15) is 12.2 Å². The van der Waals surface area contributed by atoms with Gasteiger partial charge in [0, 0.05) is 0 Å². The summed E-state index contributed by atoms with van der Waals surface area (Å²) in [4.78, 5) is 0. The van der Waals surface area contributed by atoms with Crippen LogP contribution >= 0.6 is 0 Å². The zero-order valence-corrected chi connectivity index (χ0v) is 16.9. The van der Waals surface area contributed by atoms with Gasteiger partial charge in [0.2, 0.25) is 0 Å². The topological polar surface area (TPSA) is 3.01 Å². The molecule has 1 heterocycles. The quantitative estimate of drug-likeness (QED) is 0.366. The number of hydrogen-bond acceptors (Lipinski definition) is 0. The number of hydrogen-bond donors (Lipinski definition) is 0. The van der Waals surface area contributed by atoms with Crippen molar-refractivity contribution in [2.75, 3.05) is 0 Å². The highest BCUT2D eigenvalue weighted by atomic mass is 28.3. The lowest BCUT2D eigenvalue weighted by molar-refractivity contribution is -0.418. The van der Waals surface area contributed by atoms with E-state index in [1.54, 1.807) is 0 Å². The maximum Gasteiger partial charge on any atom is 0.147 e. The van der Waals surface area contributed by atoms with Crippen molar-refractivity contribution in [2.24, 2.45) is 0 Å². The van der Waals surface area contributed by atoms with Crippen molar-refractivity contribution in [3.05, 3.63) is 88.7 Å². The molecule has 0 atom stereocenters. The third-order valence-corrected chi connectivity index (χ3v) is 6.93. The van der Waals surface area contributed by atoms with E-state index >= 15 is 0 Å². The van der Waals surface area contributed by atoms with E-state index in [0.717, 1.165) is 0 Å². The van der Waals surface area contributed by atoms with Crippen LogP contribution in [0.3, 0.4) is 0 Å². The van der Waals surface area contributed by atoms with Gasteiger partial charge in [0.05, 0.1) is 14.8 Å². The van der Waals surface area contributed by atoms with Gasteiger partial charge in [-0.3, -0.25) is 4.58 Å². The van der Waals surface area contributed by atoms with Crippen LogP contribution in [0.2, 0.25) is 19.6 Å². The fraction of sp³-hybridized carbons (Fsp3) is 0.217. The van der Waals surface area contributed by atoms with Crippen molar-refractivity contribution >= 4 is 14.8 Å². The fourth-order valence-corrected chi connectivity index (χ4v) is 5.27. The predicted molar refractivity (Wildman–Crippen MR) is 112 cm³/mol. The number of nitrogens with zero attached hydrogens (tertiary/aromatic N) is 1. The molecule has 0 saturated heterocycles. The smallest absolute Gasteiger partial charge is 0.147 e. The summed E-state index contributed by atoms with van der Waals surface area (Å²) in [5.74, 6) is 0. The van der Waals surface area contributed by atoms with Gasteiger partial charge in [-0.15, -0.1) is 6.07 Å². The second-order valence-corrected chi connectivity index (χ2v) is 12.9. The third kappa shape index (κ3) is 3.54. The standard InChI is InChI=1S/C23H27NSi/c1-17-14-20(19-10-8-7-9-11-19)12-13-21(17)22-15-18(2)23(16-24(22)3)25(4,5)6/h7-16H,3H2,1-2,4-6H3. The molecule has 0 radical (unpaired) electrons. The first kappa shape index (κ1) is 17.5. The Morgan fingerprint density at radius 1 is 0.920 bits per heavy atom. The van der Waals surface area contributed by atoms with Crippen LogP contribution in [-0.4, -0.2) is 19.4 Å². The van der Waals surface area contributed by atoms with Crippen LogP contribution in [0.1, 0.15) is 18.1 Å². The van der Waals surface area contributed by atoms with E-state index in [1.807, 2.05) is 4.58 Å². The van der Waals surface area contributed by atoms with Gasteiger partial charge in [0.15, 0.2) is 0 Å². The van der Waals surface area contributed by atoms with Crippen LogP contribution in [0.15, 0.2) is 71.6 Å². The Kier molecular flexibility index (Phi) is 4.57. The second kappa shape index (κ2) is 6.53. The predicted octanol–water partition coefficient (Wildman–Crippen LogP) is 5.98. The summed E-state index contributed by atoms with van der Waals surface area (Å²) >= 11 is 0. The van der Waals surface area contributed by atoms with Crippen LogP contribution in [0.5, 0.6) is 0 Å². The molecule has 1 aliphatic rings. The van der Waals surface area contributed by atoms with Crippen LogP contribution in [-0.2, 0) is 0 Å². The zero-order chi connectivity index (χ0) is 18.2. The van der Waals surface area contributed by atoms with Crippen molar-refractivity contribution in [3.63, 3.8) is 0 Å². The molecule has 1 aliphatic heterocycles. The molecule has 0 unspecified atom stereocenters. The SMILES string of the molecule is C=[N+]1C=C([Si](C)(C)C)C(C)=C[C-]1c1ccc(-c2ccccc2)cc1C. The van der Waals surface area contributed by atoms with E-state index in [4.69, 9.17) is 0 Å². The third-order valence-electron chi connectivity index (χ3n) is 4.79. The Hall–Kier alpha value is -2.32. The molecule has 0 spiro atoms. The van der Waals surface area contributed by atoms with Gasteiger partial charge in [-0.2, -0.15) is 0 Å². The van der Waals surface area contributed by atoms with E-state index < -0.39 is 8.07 Å². The van der Waals surface area contributed by atoms with Crippen molar-refractivity contribution in [1.82, 2.24) is 0 Å². The summed E-state index contributed by atoms with van der Waals surface area (Å²) in [5, 5.41) is 1.48. The lowest BCUT2D eigenvalue weighted by atomic mass is 9.94. The second-order valence-electron chi connectivity index (χ2n) is 7.87. The zero-order valence-electron chi connectivity index (χ0n) is 15.9. The molecule has 25 heavy (non-hydrogen) atoms. The fourth-order valence-electron chi connectivity index (χ4n) is 3.47. The van der Waals surface area contributed by atoms with E-state index in [0.29, 0.717) is 0 Å². The Balaban J connectivity index is 1.96. The molecule has 3 rings (SSSR count). The largest absolute Gasteiger partial charge is 0.255 e. The molecule has 0 aromatic heterocycles. The van der Waals surface area contributed by atoms with Crippen LogP contribution < -0.4 is 0 Å². The Morgan fingerprint density at radius 3 is 2.20 bits per heavy atom. The number of aryl methyl sites for hydroxylation is 1. The molecule has 2 aromatic rings. The van der Waals surface area contributed by atoms with Gasteiger partial charge in [-0.25, -0.2) is 0 Å². The summed E-state index contributed by atoms with van der Waals surface area (Å²) in [6.07, 6.45) is 4.53. The van der Waals surface area contributed by atoms with Gasteiger partial charge in [0.25, 0.3) is 0 Å². The lowest BCUT2D eigenvalue weighted by Gasteiger charge is -2.29. The average molecular weight is 346 g/mol. The summed E-state index contributed by atoms with van der Waals surface area (Å²) < 4.78 is 2.05. The summed E-state index contributed by atoms with van der Waals surface area (Å²) in [5.41, 5.74) is 6.41. The lowest BCUT2D eigenvalue weighted by Crippen LogP contribution is -2.29. The molecule has 0 aliphatic carbocycles. The first-order valence-electron chi connectivity index (χ1n) is 8.81. The molecule has 0 fully saturated rings. The van der Waals surface area contributed by atoms with Crippen molar-refractivity contribution in [1.29, 1.82) is 0 Å². The molecule has 0 amide bonds. The first-order valence-corrected chi connectivity index (χ1v) is 12.3. The minimum atomic E-state index is -1.36. The number of benzene rings is 2. The molecule has 0 N–H and O–H groups in total. The van der Waals surface area contributed by atoms with Gasteiger partial charge in [-0.05, 0) is 28.0 Å². The number of rotatable bonds is 3. The Bertz CT molecular complexity index is 867. The molecule has 0 saturated carbocycles. The normalized spacial score (nSPS) is 15.1. The van der Waals surface area contributed by atoms with Gasteiger partial charge in [-0.1, -0.05) is 87.1 Å². The minimum Gasteiger partial charge on any atom is -0.255 e. The molecular formula is C23H27NSi. The van der Waals surface area contributed by atoms with Crippen LogP contribution in [0, 0.1) is 13.0 Å². The first-order chi connectivity index (χ1) is 11.8. The van der Waals surface area contributed by atoms with E-state index in [-0.39, 0.29) is 0 Å². The molecule has 2 heteroatoms. The summed E-state index contributed by atoms with van der Waals surface area (Å²) in [6.45, 7) is 15.8. The molecule has 0 bridgehead atoms. The maximum absolute atomic E-state index is 4.27. The number of allylic oxidation sites excluding steroid dienone is 2. The van der Waals surface area contributed by atoms with Crippen molar-refractivity contribution in [3.8, 4) is 11.1 Å². The minimum absolute atomic E-state index is 1.18. The van der Waals surface area contributed by atoms with E-state index in [9.17, 15) is 0 Å². The average Bonchev–Trinajstić information content (AvgIpc) is 2.56. The van der Waals surface area contributed by atoms with Gasteiger partial charge >= 0.3 is 0 Å². The maximum atomic E-state index is 4.27. The van der Waals surface area contributed by atoms with E-state index in [1.165, 1.54) is 39.1 Å². The molecular weight excluding hydrogens is 318 g/mol. The van der Waals surface area contributed by atoms with Crippen molar-refractivity contribution < 1.29 is 4.58 Å². The Labute approximate surface area is 153 Å². The van der Waals surface area contributed by atoms with Crippen molar-refractivity contribution in [2.45, 2.75) is 33.5 Å². The summed E-state index contributed by atoms with van der Waals surface area (Å²) in [7, 11) is -1.36. The van der Waals surface area contributed by atoms with Crippen LogP contribution in [0.4, 0.5) is 0 Å². The molecule has 1 nitrogen and oxygen atoms in total. The highest BCUT2D eigenvalue weighted by molar-refractivity contribution is 6.84. The molecule has 128 valence electrons. The monoisotopic (exact) mass is 345 g/mol. The summed E-state index contributed by atoms with van der Waals surface area (Å²) in [6, 6.07) is 18.4. The van der Waals surface area contributed by atoms with Crippen LogP contribution in [0.25, 0.3) is 11.1 Å². The highest BCUT2D eigenvalue weighted by Crippen LogP contribution is 2.34. The van der Waals surface area contributed by atoms with E-state index in [2.05, 4.69) is 101 Å².